The van der Waals surface area contributed by atoms with Crippen molar-refractivity contribution in [2.24, 2.45) is 20.5 Å². The van der Waals surface area contributed by atoms with E-state index < -0.39 is 0 Å². The lowest BCUT2D eigenvalue weighted by Gasteiger charge is -2.03. The average Bonchev–Trinajstić information content (AvgIpc) is 3.38. The lowest BCUT2D eigenvalue weighted by Crippen LogP contribution is -1.95. The molecule has 0 aliphatic heterocycles. The number of azo groups is 2. The van der Waals surface area contributed by atoms with E-state index in [9.17, 15) is 19.8 Å². The van der Waals surface area contributed by atoms with Crippen LogP contribution in [0.1, 0.15) is 65.2 Å². The highest BCUT2D eigenvalue weighted by Crippen LogP contribution is 2.40. The Labute approximate surface area is 233 Å². The maximum Gasteiger partial charge on any atom is 0.264 e. The molecule has 2 heterocycles. The van der Waals surface area contributed by atoms with Crippen molar-refractivity contribution < 1.29 is 19.8 Å². The van der Waals surface area contributed by atoms with Gasteiger partial charge in [-0.05, 0) is 37.8 Å². The molecule has 210 valence electrons. The second-order valence-corrected chi connectivity index (χ2v) is 9.78. The fourth-order valence-corrected chi connectivity index (χ4v) is 4.86. The minimum atomic E-state index is -0.348. The van der Waals surface area contributed by atoms with Crippen LogP contribution in [0.25, 0.3) is 21.8 Å². The van der Waals surface area contributed by atoms with E-state index in [1.807, 2.05) is 62.4 Å². The van der Waals surface area contributed by atoms with Crippen LogP contribution in [0.4, 0.5) is 11.4 Å². The van der Waals surface area contributed by atoms with Gasteiger partial charge in [-0.3, -0.25) is 9.59 Å². The van der Waals surface area contributed by atoms with Crippen LogP contribution < -0.4 is 0 Å². The Morgan fingerprint density at radius 3 is 1.45 bits per heavy atom. The number of hydrogen-bond acceptors (Lipinski definition) is 6. The first-order valence-corrected chi connectivity index (χ1v) is 14.0. The molecule has 40 heavy (non-hydrogen) atoms. The van der Waals surface area contributed by atoms with Crippen LogP contribution in [0.5, 0.6) is 11.8 Å². The summed E-state index contributed by atoms with van der Waals surface area (Å²) in [6, 6.07) is 15.1. The van der Waals surface area contributed by atoms with Crippen molar-refractivity contribution >= 4 is 45.0 Å². The SMILES string of the molecule is CCCn1c(O)c(N=NC(=O)CCCCCCC(=O)N=Nc2c(O)n(CCC)c3ccccc23)c2ccccc21. The molecule has 0 bridgehead atoms. The number of fused-ring (bicyclic) bond motifs is 2. The minimum absolute atomic E-state index is 0.0170. The molecule has 0 saturated carbocycles. The van der Waals surface area contributed by atoms with Crippen LogP contribution in [0, 0.1) is 0 Å². The molecule has 2 aromatic heterocycles. The van der Waals surface area contributed by atoms with Gasteiger partial charge < -0.3 is 19.3 Å². The van der Waals surface area contributed by atoms with Crippen LogP contribution in [-0.4, -0.2) is 31.2 Å². The van der Waals surface area contributed by atoms with E-state index in [0.29, 0.717) is 37.3 Å². The van der Waals surface area contributed by atoms with Gasteiger partial charge in [0.05, 0.1) is 11.0 Å². The Morgan fingerprint density at radius 1 is 0.650 bits per heavy atom. The first-order valence-electron chi connectivity index (χ1n) is 14.0. The van der Waals surface area contributed by atoms with E-state index in [1.54, 1.807) is 9.13 Å². The summed E-state index contributed by atoms with van der Waals surface area (Å²) in [7, 11) is 0. The predicted molar refractivity (Wildman–Crippen MR) is 155 cm³/mol. The lowest BCUT2D eigenvalue weighted by atomic mass is 10.1. The molecule has 4 aromatic rings. The van der Waals surface area contributed by atoms with Crippen LogP contribution in [0.3, 0.4) is 0 Å². The predicted octanol–water partition coefficient (Wildman–Crippen LogP) is 8.09. The third-order valence-corrected chi connectivity index (χ3v) is 6.78. The molecule has 0 fully saturated rings. The van der Waals surface area contributed by atoms with Gasteiger partial charge in [0.15, 0.2) is 11.4 Å². The molecule has 0 aliphatic rings. The number of rotatable bonds is 13. The van der Waals surface area contributed by atoms with E-state index >= 15 is 0 Å². The monoisotopic (exact) mass is 544 g/mol. The maximum absolute atomic E-state index is 12.3. The summed E-state index contributed by atoms with van der Waals surface area (Å²) in [4.78, 5) is 24.5. The smallest absolute Gasteiger partial charge is 0.264 e. The van der Waals surface area contributed by atoms with Crippen molar-refractivity contribution in [1.82, 2.24) is 9.13 Å². The number of benzene rings is 2. The maximum atomic E-state index is 12.3. The molecule has 0 saturated heterocycles. The van der Waals surface area contributed by atoms with Crippen molar-refractivity contribution in [2.45, 2.75) is 78.3 Å². The molecule has 0 radical (unpaired) electrons. The molecule has 2 N–H and O–H groups in total. The normalized spacial score (nSPS) is 11.9. The number of carbonyl (C=O) groups excluding carboxylic acids is 2. The summed E-state index contributed by atoms with van der Waals surface area (Å²) in [5.74, 6) is -0.663. The van der Waals surface area contributed by atoms with Crippen molar-refractivity contribution in [3.63, 3.8) is 0 Å². The number of amides is 2. The molecular formula is C30H36N6O4. The highest BCUT2D eigenvalue weighted by Gasteiger charge is 2.17. The van der Waals surface area contributed by atoms with E-state index in [-0.39, 0.29) is 36.4 Å². The van der Waals surface area contributed by atoms with Gasteiger partial charge in [0.25, 0.3) is 11.8 Å². The molecule has 10 nitrogen and oxygen atoms in total. The van der Waals surface area contributed by atoms with Crippen molar-refractivity contribution in [1.29, 1.82) is 0 Å². The zero-order valence-corrected chi connectivity index (χ0v) is 23.1. The second-order valence-electron chi connectivity index (χ2n) is 9.78. The molecule has 2 amide bonds. The number of carbonyl (C=O) groups is 2. The number of aryl methyl sites for hydroxylation is 2. The third-order valence-electron chi connectivity index (χ3n) is 6.78. The van der Waals surface area contributed by atoms with Crippen LogP contribution in [-0.2, 0) is 22.7 Å². The number of aromatic nitrogens is 2. The van der Waals surface area contributed by atoms with Gasteiger partial charge in [-0.15, -0.1) is 20.5 Å². The van der Waals surface area contributed by atoms with Crippen molar-refractivity contribution in [3.8, 4) is 11.8 Å². The summed E-state index contributed by atoms with van der Waals surface area (Å²) < 4.78 is 3.56. The second kappa shape index (κ2) is 13.6. The Morgan fingerprint density at radius 2 is 1.05 bits per heavy atom. The quantitative estimate of drug-likeness (QED) is 0.130. The summed E-state index contributed by atoms with van der Waals surface area (Å²) in [6.07, 6.45) is 4.97. The summed E-state index contributed by atoms with van der Waals surface area (Å²) in [5, 5.41) is 38.5. The number of para-hydroxylation sites is 2. The average molecular weight is 545 g/mol. The summed E-state index contributed by atoms with van der Waals surface area (Å²) in [6.45, 7) is 5.34. The zero-order valence-electron chi connectivity index (χ0n) is 23.1. The van der Waals surface area contributed by atoms with Gasteiger partial charge in [-0.2, -0.15) is 0 Å². The number of unbranched alkanes of at least 4 members (excludes halogenated alkanes) is 3. The van der Waals surface area contributed by atoms with E-state index in [0.717, 1.165) is 47.5 Å². The van der Waals surface area contributed by atoms with Gasteiger partial charge in [-0.1, -0.05) is 63.1 Å². The van der Waals surface area contributed by atoms with Crippen molar-refractivity contribution in [2.75, 3.05) is 0 Å². The largest absolute Gasteiger partial charge is 0.493 e. The third kappa shape index (κ3) is 6.44. The Kier molecular flexibility index (Phi) is 9.77. The number of nitrogens with zero attached hydrogens (tertiary/aromatic N) is 6. The topological polar surface area (TPSA) is 134 Å². The lowest BCUT2D eigenvalue weighted by molar-refractivity contribution is -0.119. The van der Waals surface area contributed by atoms with Gasteiger partial charge >= 0.3 is 0 Å². The number of hydrogen-bond donors (Lipinski definition) is 2. The van der Waals surface area contributed by atoms with E-state index in [4.69, 9.17) is 0 Å². The fourth-order valence-electron chi connectivity index (χ4n) is 4.86. The Hall–Kier alpha value is -4.34. The first-order chi connectivity index (χ1) is 19.5. The van der Waals surface area contributed by atoms with Crippen LogP contribution >= 0.6 is 0 Å². The van der Waals surface area contributed by atoms with Gasteiger partial charge in [-0.25, -0.2) is 0 Å². The van der Waals surface area contributed by atoms with Crippen LogP contribution in [0.2, 0.25) is 0 Å². The van der Waals surface area contributed by atoms with E-state index in [1.165, 1.54) is 0 Å². The zero-order chi connectivity index (χ0) is 28.5. The molecule has 0 spiro atoms. The van der Waals surface area contributed by atoms with Crippen LogP contribution in [0.15, 0.2) is 69.0 Å². The van der Waals surface area contributed by atoms with Gasteiger partial charge in [0, 0.05) is 36.7 Å². The van der Waals surface area contributed by atoms with Gasteiger partial charge in [0.2, 0.25) is 11.8 Å². The molecule has 10 heteroatoms. The minimum Gasteiger partial charge on any atom is -0.493 e. The molecule has 2 aromatic carbocycles. The highest BCUT2D eigenvalue weighted by molar-refractivity contribution is 5.96. The molecule has 0 aliphatic carbocycles. The number of aromatic hydroxyl groups is 2. The Balaban J connectivity index is 1.22. The molecule has 4 rings (SSSR count). The van der Waals surface area contributed by atoms with E-state index in [2.05, 4.69) is 20.5 Å². The fraction of sp³-hybridized carbons (Fsp3) is 0.400. The first kappa shape index (κ1) is 28.7. The molecule has 0 unspecified atom stereocenters. The summed E-state index contributed by atoms with van der Waals surface area (Å²) >= 11 is 0. The van der Waals surface area contributed by atoms with Crippen molar-refractivity contribution in [3.05, 3.63) is 48.5 Å². The molecule has 0 atom stereocenters. The van der Waals surface area contributed by atoms with Gasteiger partial charge in [0.1, 0.15) is 0 Å². The highest BCUT2D eigenvalue weighted by atomic mass is 16.3. The standard InChI is InChI=1S/C30H36N6O4/c1-3-19-35-23-15-11-9-13-21(23)27(29(35)39)33-31-25(37)17-7-5-6-8-18-26(38)32-34-28-22-14-10-12-16-24(22)36(20-4-2)30(28)40/h9-16,39-40H,3-8,17-20H2,1-2H3. The molecular weight excluding hydrogens is 508 g/mol. The Bertz CT molecular complexity index is 1430. The summed E-state index contributed by atoms with van der Waals surface area (Å²) in [5.41, 5.74) is 2.34.